The first kappa shape index (κ1) is 31.3. The number of primary sulfonamides is 1. The Morgan fingerprint density at radius 2 is 1.74 bits per heavy atom. The highest BCUT2D eigenvalue weighted by molar-refractivity contribution is 7.89. The van der Waals surface area contributed by atoms with E-state index in [9.17, 15) is 26.4 Å². The third-order valence-corrected chi connectivity index (χ3v) is 7.99. The first-order chi connectivity index (χ1) is 19.6. The van der Waals surface area contributed by atoms with Crippen molar-refractivity contribution >= 4 is 33.2 Å². The number of nitrogens with one attached hydrogen (secondary N) is 1. The topological polar surface area (TPSA) is 103 Å². The van der Waals surface area contributed by atoms with E-state index in [4.69, 9.17) is 21.5 Å². The Morgan fingerprint density at radius 1 is 1.05 bits per heavy atom. The SMILES string of the molecule is Cc1cc(NC(=O)c2cc(C[C@H](C)OCc3ccccc3)n(-c3ccc(Cl)cc3C(F)(F)F)c2C)ccc1S(N)(=O)=O. The summed E-state index contributed by atoms with van der Waals surface area (Å²) in [5, 5.41) is 7.85. The molecule has 0 saturated carbocycles. The monoisotopic (exact) mass is 619 g/mol. The van der Waals surface area contributed by atoms with Crippen LogP contribution in [-0.2, 0) is 34.0 Å². The van der Waals surface area contributed by atoms with Gasteiger partial charge in [0.15, 0.2) is 0 Å². The van der Waals surface area contributed by atoms with Crippen LogP contribution in [0.5, 0.6) is 0 Å². The van der Waals surface area contributed by atoms with Crippen molar-refractivity contribution in [1.82, 2.24) is 4.57 Å². The molecule has 1 amide bonds. The number of anilines is 1. The molecule has 0 fully saturated rings. The summed E-state index contributed by atoms with van der Waals surface area (Å²) in [5.74, 6) is -0.587. The normalized spacial score (nSPS) is 12.8. The highest BCUT2D eigenvalue weighted by Crippen LogP contribution is 2.37. The van der Waals surface area contributed by atoms with Gasteiger partial charge in [-0.05, 0) is 74.4 Å². The van der Waals surface area contributed by atoms with Gasteiger partial charge in [-0.1, -0.05) is 41.9 Å². The Morgan fingerprint density at radius 3 is 2.36 bits per heavy atom. The number of sulfonamides is 1. The third-order valence-electron chi connectivity index (χ3n) is 6.69. The van der Waals surface area contributed by atoms with E-state index in [0.29, 0.717) is 23.6 Å². The molecule has 7 nitrogen and oxygen atoms in total. The van der Waals surface area contributed by atoms with E-state index < -0.39 is 33.8 Å². The van der Waals surface area contributed by atoms with Crippen molar-refractivity contribution in [2.75, 3.05) is 5.32 Å². The lowest BCUT2D eigenvalue weighted by Crippen LogP contribution is -2.17. The molecular weight excluding hydrogens is 591 g/mol. The molecule has 0 aliphatic rings. The standard InChI is InChI=1S/C30H29ClF3N3O4S/c1-18-13-23(10-12-28(18)42(35,39)40)36-29(38)25-16-24(14-19(2)41-17-21-7-5-4-6-8-21)37(20(25)3)27-11-9-22(31)15-26(27)30(32,33)34/h4-13,15-16,19H,14,17H2,1-3H3,(H,36,38)(H2,35,39,40)/t19-/m0/s1. The number of nitrogens with two attached hydrogens (primary N) is 1. The molecule has 0 aliphatic heterocycles. The summed E-state index contributed by atoms with van der Waals surface area (Å²) in [6, 6.07) is 18.6. The van der Waals surface area contributed by atoms with Crippen LogP contribution in [0.3, 0.4) is 0 Å². The number of amides is 1. The largest absolute Gasteiger partial charge is 0.418 e. The van der Waals surface area contributed by atoms with Gasteiger partial charge in [0.25, 0.3) is 5.91 Å². The van der Waals surface area contributed by atoms with Gasteiger partial charge in [-0.15, -0.1) is 0 Å². The second-order valence-electron chi connectivity index (χ2n) is 9.92. The number of benzene rings is 3. The van der Waals surface area contributed by atoms with Crippen LogP contribution in [-0.4, -0.2) is 25.0 Å². The van der Waals surface area contributed by atoms with E-state index in [1.165, 1.54) is 47.9 Å². The molecule has 4 rings (SSSR count). The minimum Gasteiger partial charge on any atom is -0.373 e. The second kappa shape index (κ2) is 12.3. The molecule has 1 heterocycles. The van der Waals surface area contributed by atoms with Crippen molar-refractivity contribution in [2.24, 2.45) is 5.14 Å². The second-order valence-corrected chi connectivity index (χ2v) is 11.9. The molecule has 0 bridgehead atoms. The molecule has 222 valence electrons. The first-order valence-corrected chi connectivity index (χ1v) is 14.8. The van der Waals surface area contributed by atoms with Crippen molar-refractivity contribution in [2.45, 2.75) is 51.0 Å². The number of carbonyl (C=O) groups is 1. The maximum Gasteiger partial charge on any atom is 0.418 e. The molecule has 3 aromatic carbocycles. The predicted octanol–water partition coefficient (Wildman–Crippen LogP) is 6.81. The van der Waals surface area contributed by atoms with Crippen LogP contribution in [0.15, 0.2) is 77.7 Å². The number of aromatic nitrogens is 1. The van der Waals surface area contributed by atoms with Gasteiger partial charge in [0.2, 0.25) is 10.0 Å². The Balaban J connectivity index is 1.73. The van der Waals surface area contributed by atoms with Crippen LogP contribution < -0.4 is 10.5 Å². The maximum absolute atomic E-state index is 14.1. The molecule has 1 aromatic heterocycles. The van der Waals surface area contributed by atoms with E-state index in [-0.39, 0.29) is 33.3 Å². The van der Waals surface area contributed by atoms with Crippen molar-refractivity contribution in [3.05, 3.63) is 111 Å². The number of aryl methyl sites for hydroxylation is 1. The first-order valence-electron chi connectivity index (χ1n) is 12.8. The van der Waals surface area contributed by atoms with Gasteiger partial charge in [0, 0.05) is 28.5 Å². The molecule has 12 heteroatoms. The van der Waals surface area contributed by atoms with Crippen molar-refractivity contribution in [3.8, 4) is 5.69 Å². The summed E-state index contributed by atoms with van der Waals surface area (Å²) in [7, 11) is -3.95. The molecular formula is C30H29ClF3N3O4S. The Bertz CT molecular complexity index is 1720. The fourth-order valence-electron chi connectivity index (χ4n) is 4.73. The van der Waals surface area contributed by atoms with Gasteiger partial charge in [-0.25, -0.2) is 13.6 Å². The average molecular weight is 620 g/mol. The summed E-state index contributed by atoms with van der Waals surface area (Å²) in [6.45, 7) is 5.19. The zero-order chi connectivity index (χ0) is 30.8. The summed E-state index contributed by atoms with van der Waals surface area (Å²) < 4.78 is 73.3. The lowest BCUT2D eigenvalue weighted by atomic mass is 10.1. The highest BCUT2D eigenvalue weighted by atomic mass is 35.5. The fourth-order valence-corrected chi connectivity index (χ4v) is 5.67. The Kier molecular flexibility index (Phi) is 9.17. The molecule has 0 saturated heterocycles. The van der Waals surface area contributed by atoms with E-state index >= 15 is 0 Å². The molecule has 0 radical (unpaired) electrons. The molecule has 4 aromatic rings. The number of hydrogen-bond donors (Lipinski definition) is 2. The highest BCUT2D eigenvalue weighted by Gasteiger charge is 2.35. The van der Waals surface area contributed by atoms with E-state index in [1.807, 2.05) is 30.3 Å². The average Bonchev–Trinajstić information content (AvgIpc) is 3.22. The lowest BCUT2D eigenvalue weighted by molar-refractivity contribution is -0.137. The molecule has 0 spiro atoms. The minimum absolute atomic E-state index is 0.0757. The summed E-state index contributed by atoms with van der Waals surface area (Å²) in [6.07, 6.45) is -4.93. The number of halogens is 4. The number of hydrogen-bond acceptors (Lipinski definition) is 4. The van der Waals surface area contributed by atoms with Crippen molar-refractivity contribution in [1.29, 1.82) is 0 Å². The zero-order valence-electron chi connectivity index (χ0n) is 23.0. The van der Waals surface area contributed by atoms with Gasteiger partial charge >= 0.3 is 6.18 Å². The lowest BCUT2D eigenvalue weighted by Gasteiger charge is -2.20. The van der Waals surface area contributed by atoms with E-state index in [2.05, 4.69) is 5.32 Å². The van der Waals surface area contributed by atoms with Gasteiger partial charge in [0.05, 0.1) is 34.4 Å². The van der Waals surface area contributed by atoms with Crippen LogP contribution in [0.2, 0.25) is 5.02 Å². The quantitative estimate of drug-likeness (QED) is 0.215. The summed E-state index contributed by atoms with van der Waals surface area (Å²) in [5.41, 5.74) is 1.26. The summed E-state index contributed by atoms with van der Waals surface area (Å²) >= 11 is 5.93. The van der Waals surface area contributed by atoms with Crippen LogP contribution in [0.4, 0.5) is 18.9 Å². The molecule has 0 unspecified atom stereocenters. The van der Waals surface area contributed by atoms with Crippen LogP contribution in [0, 0.1) is 13.8 Å². The zero-order valence-corrected chi connectivity index (χ0v) is 24.6. The number of nitrogens with zero attached hydrogens (tertiary/aromatic N) is 1. The summed E-state index contributed by atoms with van der Waals surface area (Å²) in [4.78, 5) is 13.3. The van der Waals surface area contributed by atoms with Crippen LogP contribution in [0.1, 0.15) is 45.4 Å². The molecule has 1 atom stereocenters. The fraction of sp³-hybridized carbons (Fsp3) is 0.233. The number of alkyl halides is 3. The molecule has 0 aliphatic carbocycles. The van der Waals surface area contributed by atoms with Crippen molar-refractivity contribution in [3.63, 3.8) is 0 Å². The maximum atomic E-state index is 14.1. The van der Waals surface area contributed by atoms with Crippen LogP contribution >= 0.6 is 11.6 Å². The van der Waals surface area contributed by atoms with Gasteiger partial charge < -0.3 is 14.6 Å². The Hall–Kier alpha value is -3.64. The van der Waals surface area contributed by atoms with Gasteiger partial charge in [-0.3, -0.25) is 4.79 Å². The smallest absolute Gasteiger partial charge is 0.373 e. The number of carbonyl (C=O) groups excluding carboxylic acids is 1. The van der Waals surface area contributed by atoms with E-state index in [0.717, 1.165) is 11.6 Å². The van der Waals surface area contributed by atoms with Crippen LogP contribution in [0.25, 0.3) is 5.69 Å². The number of rotatable bonds is 9. The van der Waals surface area contributed by atoms with Crippen molar-refractivity contribution < 1.29 is 31.1 Å². The predicted molar refractivity (Wildman–Crippen MR) is 155 cm³/mol. The molecule has 42 heavy (non-hydrogen) atoms. The van der Waals surface area contributed by atoms with Gasteiger partial charge in [0.1, 0.15) is 0 Å². The van der Waals surface area contributed by atoms with E-state index in [1.54, 1.807) is 13.8 Å². The molecule has 3 N–H and O–H groups in total. The Labute approximate surface area is 247 Å². The third kappa shape index (κ3) is 7.22. The number of ether oxygens (including phenoxy) is 1. The minimum atomic E-state index is -4.71. The van der Waals surface area contributed by atoms with Gasteiger partial charge in [-0.2, -0.15) is 13.2 Å².